The lowest BCUT2D eigenvalue weighted by atomic mass is 10.2. The number of furan rings is 1. The summed E-state index contributed by atoms with van der Waals surface area (Å²) in [6, 6.07) is 4.34. The highest BCUT2D eigenvalue weighted by molar-refractivity contribution is 7.98. The Hall–Kier alpha value is -0.120. The van der Waals surface area contributed by atoms with Crippen molar-refractivity contribution in [2.24, 2.45) is 0 Å². The Morgan fingerprint density at radius 2 is 2.33 bits per heavy atom. The SMILES string of the molecule is CNC(C)CCCSCc1ccc(Cl)o1. The molecule has 0 amide bonds. The summed E-state index contributed by atoms with van der Waals surface area (Å²) in [5.41, 5.74) is 0. The maximum Gasteiger partial charge on any atom is 0.193 e. The van der Waals surface area contributed by atoms with Crippen LogP contribution in [0.5, 0.6) is 0 Å². The first-order valence-electron chi connectivity index (χ1n) is 5.21. The molecular weight excluding hydrogens is 230 g/mol. The van der Waals surface area contributed by atoms with Gasteiger partial charge in [-0.3, -0.25) is 0 Å². The lowest BCUT2D eigenvalue weighted by Crippen LogP contribution is -2.20. The zero-order valence-corrected chi connectivity index (χ0v) is 10.8. The van der Waals surface area contributed by atoms with E-state index in [1.165, 1.54) is 18.6 Å². The number of hydrogen-bond acceptors (Lipinski definition) is 3. The zero-order chi connectivity index (χ0) is 11.1. The average Bonchev–Trinajstić information content (AvgIpc) is 2.63. The van der Waals surface area contributed by atoms with Crippen molar-refractivity contribution in [3.05, 3.63) is 23.1 Å². The zero-order valence-electron chi connectivity index (χ0n) is 9.25. The van der Waals surface area contributed by atoms with E-state index >= 15 is 0 Å². The number of nitrogens with one attached hydrogen (secondary N) is 1. The quantitative estimate of drug-likeness (QED) is 0.746. The smallest absolute Gasteiger partial charge is 0.193 e. The number of hydrogen-bond donors (Lipinski definition) is 1. The van der Waals surface area contributed by atoms with E-state index in [4.69, 9.17) is 16.0 Å². The standard InChI is InChI=1S/C11H18ClNOS/c1-9(13-2)4-3-7-15-8-10-5-6-11(12)14-10/h5-6,9,13H,3-4,7-8H2,1-2H3. The van der Waals surface area contributed by atoms with E-state index in [9.17, 15) is 0 Å². The highest BCUT2D eigenvalue weighted by atomic mass is 35.5. The summed E-state index contributed by atoms with van der Waals surface area (Å²) in [4.78, 5) is 0. The molecule has 1 N–H and O–H groups in total. The van der Waals surface area contributed by atoms with Crippen LogP contribution in [0.3, 0.4) is 0 Å². The largest absolute Gasteiger partial charge is 0.449 e. The van der Waals surface area contributed by atoms with Crippen LogP contribution in [0.25, 0.3) is 0 Å². The minimum absolute atomic E-state index is 0.481. The van der Waals surface area contributed by atoms with Crippen molar-refractivity contribution >= 4 is 23.4 Å². The second-order valence-corrected chi connectivity index (χ2v) is 5.07. The summed E-state index contributed by atoms with van der Waals surface area (Å²) >= 11 is 7.57. The van der Waals surface area contributed by atoms with Crippen LogP contribution >= 0.6 is 23.4 Å². The predicted octanol–water partition coefficient (Wildman–Crippen LogP) is 3.55. The van der Waals surface area contributed by atoms with Crippen molar-refractivity contribution in [2.75, 3.05) is 12.8 Å². The van der Waals surface area contributed by atoms with E-state index in [1.54, 1.807) is 6.07 Å². The molecule has 0 aromatic carbocycles. The molecule has 0 spiro atoms. The van der Waals surface area contributed by atoms with E-state index in [0.29, 0.717) is 11.3 Å². The van der Waals surface area contributed by atoms with Gasteiger partial charge < -0.3 is 9.73 Å². The molecular formula is C11H18ClNOS. The first-order valence-corrected chi connectivity index (χ1v) is 6.75. The summed E-state index contributed by atoms with van der Waals surface area (Å²) in [7, 11) is 2.00. The molecule has 1 aromatic rings. The Morgan fingerprint density at radius 3 is 2.93 bits per heavy atom. The highest BCUT2D eigenvalue weighted by Crippen LogP contribution is 2.19. The Kier molecular flexibility index (Phi) is 6.22. The Morgan fingerprint density at radius 1 is 1.53 bits per heavy atom. The van der Waals surface area contributed by atoms with Gasteiger partial charge in [-0.05, 0) is 56.3 Å². The summed E-state index contributed by atoms with van der Waals surface area (Å²) in [6.45, 7) is 2.21. The molecule has 0 aliphatic rings. The van der Waals surface area contributed by atoms with Gasteiger partial charge in [0.25, 0.3) is 0 Å². The molecule has 0 aliphatic heterocycles. The van der Waals surface area contributed by atoms with Crippen LogP contribution in [0.15, 0.2) is 16.5 Å². The van der Waals surface area contributed by atoms with Crippen molar-refractivity contribution in [1.29, 1.82) is 0 Å². The van der Waals surface area contributed by atoms with Crippen LogP contribution < -0.4 is 5.32 Å². The van der Waals surface area contributed by atoms with Crippen molar-refractivity contribution in [3.63, 3.8) is 0 Å². The van der Waals surface area contributed by atoms with Gasteiger partial charge in [0, 0.05) is 6.04 Å². The fourth-order valence-corrected chi connectivity index (χ4v) is 2.27. The molecule has 0 radical (unpaired) electrons. The molecule has 1 heterocycles. The molecule has 1 unspecified atom stereocenters. The van der Waals surface area contributed by atoms with Crippen molar-refractivity contribution in [2.45, 2.75) is 31.6 Å². The first kappa shape index (κ1) is 12.9. The Balaban J connectivity index is 2.02. The van der Waals surface area contributed by atoms with E-state index in [1.807, 2.05) is 24.9 Å². The molecule has 0 saturated carbocycles. The fraction of sp³-hybridized carbons (Fsp3) is 0.636. The van der Waals surface area contributed by atoms with Gasteiger partial charge in [0.1, 0.15) is 5.76 Å². The van der Waals surface area contributed by atoms with Gasteiger partial charge in [-0.2, -0.15) is 11.8 Å². The Bertz CT molecular complexity index is 277. The van der Waals surface area contributed by atoms with Crippen molar-refractivity contribution < 1.29 is 4.42 Å². The summed E-state index contributed by atoms with van der Waals surface area (Å²) < 4.78 is 5.26. The third-order valence-electron chi connectivity index (χ3n) is 2.29. The van der Waals surface area contributed by atoms with E-state index < -0.39 is 0 Å². The molecule has 0 bridgehead atoms. The Labute approximate surface area is 101 Å². The molecule has 0 aliphatic carbocycles. The van der Waals surface area contributed by atoms with Crippen LogP contribution in [0.1, 0.15) is 25.5 Å². The van der Waals surface area contributed by atoms with Crippen LogP contribution in [-0.2, 0) is 5.75 Å². The lowest BCUT2D eigenvalue weighted by molar-refractivity contribution is 0.532. The van der Waals surface area contributed by atoms with Gasteiger partial charge in [0.05, 0.1) is 5.75 Å². The van der Waals surface area contributed by atoms with Gasteiger partial charge in [0.2, 0.25) is 0 Å². The second-order valence-electron chi connectivity index (χ2n) is 3.59. The van der Waals surface area contributed by atoms with Crippen LogP contribution in [-0.4, -0.2) is 18.8 Å². The monoisotopic (exact) mass is 247 g/mol. The molecule has 1 aromatic heterocycles. The normalized spacial score (nSPS) is 13.0. The minimum Gasteiger partial charge on any atom is -0.449 e. The number of rotatable bonds is 7. The minimum atomic E-state index is 0.481. The molecule has 2 nitrogen and oxygen atoms in total. The first-order chi connectivity index (χ1) is 7.22. The van der Waals surface area contributed by atoms with E-state index in [2.05, 4.69) is 12.2 Å². The summed E-state index contributed by atoms with van der Waals surface area (Å²) in [5, 5.41) is 3.71. The molecule has 0 fully saturated rings. The highest BCUT2D eigenvalue weighted by Gasteiger charge is 2.01. The fourth-order valence-electron chi connectivity index (χ4n) is 1.24. The predicted molar refractivity (Wildman–Crippen MR) is 67.6 cm³/mol. The molecule has 0 saturated heterocycles. The number of thioether (sulfide) groups is 1. The molecule has 1 atom stereocenters. The maximum absolute atomic E-state index is 5.68. The van der Waals surface area contributed by atoms with E-state index in [-0.39, 0.29) is 0 Å². The van der Waals surface area contributed by atoms with Crippen LogP contribution in [0.4, 0.5) is 0 Å². The topological polar surface area (TPSA) is 25.2 Å². The number of halogens is 1. The average molecular weight is 248 g/mol. The third kappa shape index (κ3) is 5.50. The summed E-state index contributed by atoms with van der Waals surface area (Å²) in [5.74, 6) is 3.05. The molecule has 1 rings (SSSR count). The third-order valence-corrected chi connectivity index (χ3v) is 3.56. The molecule has 4 heteroatoms. The maximum atomic E-state index is 5.68. The van der Waals surface area contributed by atoms with Gasteiger partial charge in [-0.1, -0.05) is 0 Å². The summed E-state index contributed by atoms with van der Waals surface area (Å²) in [6.07, 6.45) is 2.46. The van der Waals surface area contributed by atoms with Crippen LogP contribution in [0.2, 0.25) is 5.22 Å². The van der Waals surface area contributed by atoms with E-state index in [0.717, 1.165) is 11.5 Å². The second kappa shape index (κ2) is 7.20. The van der Waals surface area contributed by atoms with Crippen molar-refractivity contribution in [3.8, 4) is 0 Å². The molecule has 86 valence electrons. The van der Waals surface area contributed by atoms with Crippen molar-refractivity contribution in [1.82, 2.24) is 5.32 Å². The van der Waals surface area contributed by atoms with Gasteiger partial charge in [-0.25, -0.2) is 0 Å². The van der Waals surface area contributed by atoms with Crippen LogP contribution in [0, 0.1) is 0 Å². The van der Waals surface area contributed by atoms with Gasteiger partial charge >= 0.3 is 0 Å². The lowest BCUT2D eigenvalue weighted by Gasteiger charge is -2.08. The van der Waals surface area contributed by atoms with Gasteiger partial charge in [0.15, 0.2) is 5.22 Å². The van der Waals surface area contributed by atoms with Gasteiger partial charge in [-0.15, -0.1) is 0 Å². The molecule has 15 heavy (non-hydrogen) atoms.